The number of ketones is 1. The van der Waals surface area contributed by atoms with Crippen molar-refractivity contribution in [3.8, 4) is 0 Å². The van der Waals surface area contributed by atoms with E-state index >= 15 is 0 Å². The Labute approximate surface area is 154 Å². The standard InChI is InChI=1S/C22H35ClO/c1-2-3-4-5-6-7-8-9-13-16-22(24)18-21(19-23)17-20-14-11-10-12-15-20/h10-12,14-15,21H,2-9,13,16-19H2,1H3/t21-/m0/s1. The van der Waals surface area contributed by atoms with Crippen LogP contribution >= 0.6 is 11.6 Å². The maximum absolute atomic E-state index is 12.2. The molecule has 24 heavy (non-hydrogen) atoms. The summed E-state index contributed by atoms with van der Waals surface area (Å²) in [5.41, 5.74) is 1.28. The second-order valence-corrected chi connectivity index (χ2v) is 7.34. The third-order valence-corrected chi connectivity index (χ3v) is 5.10. The maximum atomic E-state index is 12.2. The zero-order chi connectivity index (χ0) is 17.5. The summed E-state index contributed by atoms with van der Waals surface area (Å²) in [6, 6.07) is 10.3. The van der Waals surface area contributed by atoms with Gasteiger partial charge in [-0.05, 0) is 24.3 Å². The van der Waals surface area contributed by atoms with E-state index in [1.165, 1.54) is 56.9 Å². The smallest absolute Gasteiger partial charge is 0.133 e. The average Bonchev–Trinajstić information content (AvgIpc) is 2.60. The molecule has 0 heterocycles. The summed E-state index contributed by atoms with van der Waals surface area (Å²) in [7, 11) is 0. The highest BCUT2D eigenvalue weighted by atomic mass is 35.5. The van der Waals surface area contributed by atoms with Crippen molar-refractivity contribution in [2.45, 2.75) is 84.0 Å². The van der Waals surface area contributed by atoms with Gasteiger partial charge in [0.1, 0.15) is 5.78 Å². The van der Waals surface area contributed by atoms with Crippen LogP contribution in [0.1, 0.15) is 83.1 Å². The summed E-state index contributed by atoms with van der Waals surface area (Å²) >= 11 is 6.06. The second-order valence-electron chi connectivity index (χ2n) is 7.03. The lowest BCUT2D eigenvalue weighted by molar-refractivity contribution is -0.119. The van der Waals surface area contributed by atoms with Gasteiger partial charge in [-0.1, -0.05) is 88.6 Å². The number of rotatable bonds is 15. The molecule has 0 radical (unpaired) electrons. The fourth-order valence-electron chi connectivity index (χ4n) is 3.19. The van der Waals surface area contributed by atoms with Crippen molar-refractivity contribution in [2.75, 3.05) is 5.88 Å². The quantitative estimate of drug-likeness (QED) is 0.246. The van der Waals surface area contributed by atoms with Crippen molar-refractivity contribution >= 4 is 17.4 Å². The molecule has 0 saturated carbocycles. The molecular formula is C22H35ClO. The molecule has 0 aliphatic heterocycles. The minimum absolute atomic E-state index is 0.278. The SMILES string of the molecule is CCCCCCCCCCCC(=O)C[C@@H](CCl)Cc1ccccc1. The van der Waals surface area contributed by atoms with Crippen molar-refractivity contribution in [3.63, 3.8) is 0 Å². The van der Waals surface area contributed by atoms with Gasteiger partial charge in [0.15, 0.2) is 0 Å². The summed E-state index contributed by atoms with van der Waals surface area (Å²) in [5.74, 6) is 1.23. The number of halogens is 1. The van der Waals surface area contributed by atoms with Crippen molar-refractivity contribution in [1.29, 1.82) is 0 Å². The summed E-state index contributed by atoms with van der Waals surface area (Å²) in [6.45, 7) is 2.26. The van der Waals surface area contributed by atoms with Crippen LogP contribution < -0.4 is 0 Å². The predicted molar refractivity (Wildman–Crippen MR) is 106 cm³/mol. The minimum atomic E-state index is 0.278. The molecule has 0 bridgehead atoms. The highest BCUT2D eigenvalue weighted by Crippen LogP contribution is 2.17. The van der Waals surface area contributed by atoms with E-state index < -0.39 is 0 Å². The molecule has 0 aliphatic carbocycles. The molecule has 1 rings (SSSR count). The second kappa shape index (κ2) is 14.5. The first-order valence-corrected chi connectivity index (χ1v) is 10.4. The van der Waals surface area contributed by atoms with Gasteiger partial charge < -0.3 is 0 Å². The molecule has 0 amide bonds. The zero-order valence-corrected chi connectivity index (χ0v) is 16.2. The molecule has 1 aromatic rings. The number of hydrogen-bond donors (Lipinski definition) is 0. The van der Waals surface area contributed by atoms with E-state index in [9.17, 15) is 4.79 Å². The molecule has 1 atom stereocenters. The van der Waals surface area contributed by atoms with E-state index in [-0.39, 0.29) is 5.92 Å². The molecule has 0 fully saturated rings. The number of carbonyl (C=O) groups excluding carboxylic acids is 1. The van der Waals surface area contributed by atoms with Gasteiger partial charge >= 0.3 is 0 Å². The molecule has 0 N–H and O–H groups in total. The Balaban J connectivity index is 2.05. The third-order valence-electron chi connectivity index (χ3n) is 4.66. The highest BCUT2D eigenvalue weighted by Gasteiger charge is 2.13. The van der Waals surface area contributed by atoms with E-state index in [0.717, 1.165) is 19.3 Å². The largest absolute Gasteiger partial charge is 0.300 e. The van der Waals surface area contributed by atoms with E-state index in [2.05, 4.69) is 19.1 Å². The molecule has 0 saturated heterocycles. The summed E-state index contributed by atoms with van der Waals surface area (Å²) in [4.78, 5) is 12.2. The van der Waals surface area contributed by atoms with Gasteiger partial charge in [0.05, 0.1) is 0 Å². The van der Waals surface area contributed by atoms with Crippen LogP contribution in [-0.2, 0) is 11.2 Å². The van der Waals surface area contributed by atoms with E-state index in [1.807, 2.05) is 18.2 Å². The zero-order valence-electron chi connectivity index (χ0n) is 15.4. The maximum Gasteiger partial charge on any atom is 0.133 e. The first-order valence-electron chi connectivity index (χ1n) is 9.87. The van der Waals surface area contributed by atoms with Gasteiger partial charge in [-0.2, -0.15) is 0 Å². The molecule has 0 unspecified atom stereocenters. The number of Topliss-reactive ketones (excluding diaryl/α,β-unsaturated/α-hetero) is 1. The van der Waals surface area contributed by atoms with Crippen molar-refractivity contribution in [3.05, 3.63) is 35.9 Å². The summed E-state index contributed by atoms with van der Waals surface area (Å²) in [5, 5.41) is 0. The van der Waals surface area contributed by atoms with Crippen LogP contribution in [0.15, 0.2) is 30.3 Å². The van der Waals surface area contributed by atoms with Crippen LogP contribution in [-0.4, -0.2) is 11.7 Å². The summed E-state index contributed by atoms with van der Waals surface area (Å²) in [6.07, 6.45) is 14.0. The first kappa shape index (κ1) is 21.2. The summed E-state index contributed by atoms with van der Waals surface area (Å²) < 4.78 is 0. The fourth-order valence-corrected chi connectivity index (χ4v) is 3.40. The first-order chi connectivity index (χ1) is 11.8. The lowest BCUT2D eigenvalue weighted by Crippen LogP contribution is -2.12. The van der Waals surface area contributed by atoms with Crippen molar-refractivity contribution < 1.29 is 4.79 Å². The predicted octanol–water partition coefficient (Wildman–Crippen LogP) is 6.96. The molecule has 136 valence electrons. The van der Waals surface area contributed by atoms with Gasteiger partial charge in [-0.25, -0.2) is 0 Å². The van der Waals surface area contributed by atoms with Crippen LogP contribution in [0.2, 0.25) is 0 Å². The third kappa shape index (κ3) is 10.9. The molecule has 1 aromatic carbocycles. The molecule has 0 aromatic heterocycles. The van der Waals surface area contributed by atoms with Crippen LogP contribution in [0, 0.1) is 5.92 Å². The Bertz CT molecular complexity index is 415. The van der Waals surface area contributed by atoms with Gasteiger partial charge in [0, 0.05) is 18.7 Å². The number of alkyl halides is 1. The number of hydrogen-bond acceptors (Lipinski definition) is 1. The van der Waals surface area contributed by atoms with Crippen LogP contribution in [0.3, 0.4) is 0 Å². The Morgan fingerprint density at radius 2 is 1.50 bits per heavy atom. The number of benzene rings is 1. The van der Waals surface area contributed by atoms with Gasteiger partial charge in [-0.3, -0.25) is 4.79 Å². The van der Waals surface area contributed by atoms with E-state index in [0.29, 0.717) is 18.1 Å². The molecular weight excluding hydrogens is 316 g/mol. The highest BCUT2D eigenvalue weighted by molar-refractivity contribution is 6.18. The van der Waals surface area contributed by atoms with E-state index in [4.69, 9.17) is 11.6 Å². The average molecular weight is 351 g/mol. The Kier molecular flexibility index (Phi) is 12.8. The molecule has 1 nitrogen and oxygen atoms in total. The van der Waals surface area contributed by atoms with Gasteiger partial charge in [-0.15, -0.1) is 11.6 Å². The van der Waals surface area contributed by atoms with E-state index in [1.54, 1.807) is 0 Å². The minimum Gasteiger partial charge on any atom is -0.300 e. The molecule has 0 aliphatic rings. The monoisotopic (exact) mass is 350 g/mol. The van der Waals surface area contributed by atoms with Crippen molar-refractivity contribution in [1.82, 2.24) is 0 Å². The fraction of sp³-hybridized carbons (Fsp3) is 0.682. The Morgan fingerprint density at radius 3 is 2.08 bits per heavy atom. The lowest BCUT2D eigenvalue weighted by Gasteiger charge is -2.13. The van der Waals surface area contributed by atoms with Crippen LogP contribution in [0.5, 0.6) is 0 Å². The number of carbonyl (C=O) groups is 1. The van der Waals surface area contributed by atoms with Crippen LogP contribution in [0.25, 0.3) is 0 Å². The Morgan fingerprint density at radius 1 is 0.917 bits per heavy atom. The van der Waals surface area contributed by atoms with Gasteiger partial charge in [0.2, 0.25) is 0 Å². The van der Waals surface area contributed by atoms with Crippen LogP contribution in [0.4, 0.5) is 0 Å². The van der Waals surface area contributed by atoms with Gasteiger partial charge in [0.25, 0.3) is 0 Å². The normalized spacial score (nSPS) is 12.2. The van der Waals surface area contributed by atoms with Crippen molar-refractivity contribution in [2.24, 2.45) is 5.92 Å². The molecule has 2 heteroatoms. The topological polar surface area (TPSA) is 17.1 Å². The molecule has 0 spiro atoms. The lowest BCUT2D eigenvalue weighted by atomic mass is 9.94. The Hall–Kier alpha value is -0.820. The number of unbranched alkanes of at least 4 members (excludes halogenated alkanes) is 8.